The Balaban J connectivity index is 1.77. The van der Waals surface area contributed by atoms with E-state index in [9.17, 15) is 0 Å². The Morgan fingerprint density at radius 2 is 2.16 bits per heavy atom. The second-order valence-corrected chi connectivity index (χ2v) is 5.29. The minimum atomic E-state index is 0.310. The van der Waals surface area contributed by atoms with Crippen LogP contribution in [-0.4, -0.2) is 54.3 Å². The molecule has 1 aromatic rings. The standard InChI is InChI=1S/C14H26N4O/c1-13(12-19-2)18-11-7-16-14(18)15-6-10-17-8-4-3-5-9-17/h7,11,13H,3-6,8-10,12H2,1-2H3,(H,15,16). The molecule has 0 amide bonds. The SMILES string of the molecule is COCC(C)n1ccnc1NCCN1CCCCC1. The maximum atomic E-state index is 5.20. The van der Waals surface area contributed by atoms with Crippen LogP contribution in [0.2, 0.25) is 0 Å². The van der Waals surface area contributed by atoms with Crippen LogP contribution < -0.4 is 5.32 Å². The Bertz CT molecular complexity index is 360. The van der Waals surface area contributed by atoms with E-state index < -0.39 is 0 Å². The molecule has 108 valence electrons. The number of imidazole rings is 1. The third-order valence-electron chi connectivity index (χ3n) is 3.71. The number of aromatic nitrogens is 2. The number of anilines is 1. The lowest BCUT2D eigenvalue weighted by Crippen LogP contribution is -2.34. The fourth-order valence-corrected chi connectivity index (χ4v) is 2.64. The van der Waals surface area contributed by atoms with Gasteiger partial charge in [-0.3, -0.25) is 0 Å². The molecule has 2 heterocycles. The molecule has 1 saturated heterocycles. The molecule has 19 heavy (non-hydrogen) atoms. The number of likely N-dealkylation sites (tertiary alicyclic amines) is 1. The second-order valence-electron chi connectivity index (χ2n) is 5.29. The largest absolute Gasteiger partial charge is 0.383 e. The normalized spacial score (nSPS) is 18.4. The molecule has 0 aliphatic carbocycles. The van der Waals surface area contributed by atoms with Gasteiger partial charge in [-0.25, -0.2) is 4.98 Å². The lowest BCUT2D eigenvalue weighted by molar-refractivity contribution is 0.163. The Labute approximate surface area is 116 Å². The molecule has 1 atom stereocenters. The Kier molecular flexibility index (Phi) is 5.66. The van der Waals surface area contributed by atoms with Gasteiger partial charge < -0.3 is 19.5 Å². The summed E-state index contributed by atoms with van der Waals surface area (Å²) in [5.41, 5.74) is 0. The molecule has 1 aliphatic heterocycles. The van der Waals surface area contributed by atoms with Crippen molar-refractivity contribution in [2.24, 2.45) is 0 Å². The Morgan fingerprint density at radius 3 is 2.89 bits per heavy atom. The van der Waals surface area contributed by atoms with Crippen LogP contribution >= 0.6 is 0 Å². The highest BCUT2D eigenvalue weighted by Crippen LogP contribution is 2.13. The highest BCUT2D eigenvalue weighted by atomic mass is 16.5. The van der Waals surface area contributed by atoms with E-state index in [1.807, 2.05) is 12.4 Å². The third-order valence-corrected chi connectivity index (χ3v) is 3.71. The molecule has 0 spiro atoms. The fourth-order valence-electron chi connectivity index (χ4n) is 2.64. The monoisotopic (exact) mass is 266 g/mol. The maximum Gasteiger partial charge on any atom is 0.203 e. The van der Waals surface area contributed by atoms with E-state index in [1.165, 1.54) is 32.4 Å². The van der Waals surface area contributed by atoms with Crippen molar-refractivity contribution in [1.82, 2.24) is 14.5 Å². The zero-order valence-electron chi connectivity index (χ0n) is 12.1. The van der Waals surface area contributed by atoms with Crippen molar-refractivity contribution in [3.8, 4) is 0 Å². The lowest BCUT2D eigenvalue weighted by atomic mass is 10.1. The number of hydrogen-bond acceptors (Lipinski definition) is 4. The first-order valence-corrected chi connectivity index (χ1v) is 7.29. The quantitative estimate of drug-likeness (QED) is 0.819. The minimum Gasteiger partial charge on any atom is -0.383 e. The zero-order valence-corrected chi connectivity index (χ0v) is 12.1. The van der Waals surface area contributed by atoms with Gasteiger partial charge in [0.15, 0.2) is 0 Å². The highest BCUT2D eigenvalue weighted by Gasteiger charge is 2.11. The van der Waals surface area contributed by atoms with Gasteiger partial charge in [0.25, 0.3) is 0 Å². The van der Waals surface area contributed by atoms with Gasteiger partial charge >= 0.3 is 0 Å². The molecule has 0 saturated carbocycles. The number of hydrogen-bond donors (Lipinski definition) is 1. The summed E-state index contributed by atoms with van der Waals surface area (Å²) in [6.45, 7) is 7.40. The van der Waals surface area contributed by atoms with E-state index in [2.05, 4.69) is 26.7 Å². The average Bonchev–Trinajstić information content (AvgIpc) is 2.89. The molecule has 0 bridgehead atoms. The molecule has 0 radical (unpaired) electrons. The number of methoxy groups -OCH3 is 1. The van der Waals surface area contributed by atoms with Crippen LogP contribution in [0.1, 0.15) is 32.2 Å². The van der Waals surface area contributed by atoms with Crippen LogP contribution in [0.3, 0.4) is 0 Å². The number of piperidine rings is 1. The number of ether oxygens (including phenoxy) is 1. The molecule has 1 fully saturated rings. The molecular formula is C14H26N4O. The third kappa shape index (κ3) is 4.21. The molecule has 5 nitrogen and oxygen atoms in total. The van der Waals surface area contributed by atoms with Gasteiger partial charge in [-0.2, -0.15) is 0 Å². The molecule has 0 aromatic carbocycles. The van der Waals surface area contributed by atoms with Gasteiger partial charge in [0, 0.05) is 32.6 Å². The summed E-state index contributed by atoms with van der Waals surface area (Å²) in [6, 6.07) is 0.310. The smallest absolute Gasteiger partial charge is 0.203 e. The second kappa shape index (κ2) is 7.50. The van der Waals surface area contributed by atoms with Crippen LogP contribution in [0.5, 0.6) is 0 Å². The molecule has 5 heteroatoms. The first kappa shape index (κ1) is 14.3. The molecule has 1 aromatic heterocycles. The van der Waals surface area contributed by atoms with Crippen molar-refractivity contribution >= 4 is 5.95 Å². The highest BCUT2D eigenvalue weighted by molar-refractivity contribution is 5.26. The number of nitrogens with zero attached hydrogens (tertiary/aromatic N) is 3. The summed E-state index contributed by atoms with van der Waals surface area (Å²) in [5, 5.41) is 3.43. The molecular weight excluding hydrogens is 240 g/mol. The van der Waals surface area contributed by atoms with Crippen LogP contribution in [0.15, 0.2) is 12.4 Å². The summed E-state index contributed by atoms with van der Waals surface area (Å²) in [6.07, 6.45) is 7.93. The topological polar surface area (TPSA) is 42.3 Å². The van der Waals surface area contributed by atoms with Gasteiger partial charge in [-0.1, -0.05) is 6.42 Å². The van der Waals surface area contributed by atoms with Crippen molar-refractivity contribution in [3.63, 3.8) is 0 Å². The summed E-state index contributed by atoms with van der Waals surface area (Å²) in [4.78, 5) is 6.91. The predicted molar refractivity (Wildman–Crippen MR) is 77.6 cm³/mol. The summed E-state index contributed by atoms with van der Waals surface area (Å²) >= 11 is 0. The van der Waals surface area contributed by atoms with Gasteiger partial charge in [-0.05, 0) is 32.9 Å². The summed E-state index contributed by atoms with van der Waals surface area (Å²) < 4.78 is 7.34. The fraction of sp³-hybridized carbons (Fsp3) is 0.786. The van der Waals surface area contributed by atoms with Crippen LogP contribution in [0, 0.1) is 0 Å². The van der Waals surface area contributed by atoms with E-state index in [1.54, 1.807) is 7.11 Å². The van der Waals surface area contributed by atoms with Gasteiger partial charge in [0.1, 0.15) is 0 Å². The van der Waals surface area contributed by atoms with Crippen molar-refractivity contribution in [1.29, 1.82) is 0 Å². The maximum absolute atomic E-state index is 5.20. The molecule has 1 unspecified atom stereocenters. The average molecular weight is 266 g/mol. The number of rotatable bonds is 7. The van der Waals surface area contributed by atoms with E-state index in [4.69, 9.17) is 4.74 Å². The predicted octanol–water partition coefficient (Wildman–Crippen LogP) is 1.99. The molecule has 2 rings (SSSR count). The Hall–Kier alpha value is -1.07. The van der Waals surface area contributed by atoms with Crippen molar-refractivity contribution in [2.45, 2.75) is 32.2 Å². The van der Waals surface area contributed by atoms with Crippen LogP contribution in [-0.2, 0) is 4.74 Å². The van der Waals surface area contributed by atoms with Crippen molar-refractivity contribution < 1.29 is 4.74 Å². The van der Waals surface area contributed by atoms with Gasteiger partial charge in [0.2, 0.25) is 5.95 Å². The summed E-state index contributed by atoms with van der Waals surface area (Å²) in [5.74, 6) is 0.946. The van der Waals surface area contributed by atoms with Crippen molar-refractivity contribution in [2.75, 3.05) is 45.2 Å². The zero-order chi connectivity index (χ0) is 13.5. The Morgan fingerprint density at radius 1 is 1.37 bits per heavy atom. The first-order valence-electron chi connectivity index (χ1n) is 7.29. The first-order chi connectivity index (χ1) is 9.31. The summed E-state index contributed by atoms with van der Waals surface area (Å²) in [7, 11) is 1.73. The van der Waals surface area contributed by atoms with Crippen LogP contribution in [0.4, 0.5) is 5.95 Å². The van der Waals surface area contributed by atoms with Gasteiger partial charge in [0.05, 0.1) is 12.6 Å². The van der Waals surface area contributed by atoms with E-state index in [-0.39, 0.29) is 0 Å². The molecule has 1 N–H and O–H groups in total. The van der Waals surface area contributed by atoms with E-state index in [0.29, 0.717) is 12.6 Å². The molecule has 1 aliphatic rings. The van der Waals surface area contributed by atoms with E-state index in [0.717, 1.165) is 19.0 Å². The van der Waals surface area contributed by atoms with Crippen LogP contribution in [0.25, 0.3) is 0 Å². The van der Waals surface area contributed by atoms with Crippen molar-refractivity contribution in [3.05, 3.63) is 12.4 Å². The van der Waals surface area contributed by atoms with Gasteiger partial charge in [-0.15, -0.1) is 0 Å². The minimum absolute atomic E-state index is 0.310. The van der Waals surface area contributed by atoms with E-state index >= 15 is 0 Å². The number of nitrogens with one attached hydrogen (secondary N) is 1. The lowest BCUT2D eigenvalue weighted by Gasteiger charge is -2.26.